The first-order chi connectivity index (χ1) is 4.75. The maximum atomic E-state index is 5.29. The summed E-state index contributed by atoms with van der Waals surface area (Å²) in [4.78, 5) is 0. The van der Waals surface area contributed by atoms with Crippen molar-refractivity contribution in [2.24, 2.45) is 0 Å². The maximum Gasteiger partial charge on any atom is 0.172 e. The second kappa shape index (κ2) is 1.66. The van der Waals surface area contributed by atoms with Gasteiger partial charge >= 0.3 is 0 Å². The topological polar surface area (TPSA) is 26.3 Å². The van der Waals surface area contributed by atoms with Crippen LogP contribution in [0.5, 0.6) is 0 Å². The van der Waals surface area contributed by atoms with Crippen molar-refractivity contribution in [1.82, 2.24) is 0 Å². The first-order valence-electron chi connectivity index (χ1n) is 3.22. The number of rotatable bonds is 0. The zero-order valence-electron chi connectivity index (χ0n) is 5.97. The van der Waals surface area contributed by atoms with Gasteiger partial charge in [0.15, 0.2) is 11.2 Å². The molecule has 0 bridgehead atoms. The molecule has 0 saturated heterocycles. The van der Waals surface area contributed by atoms with Crippen LogP contribution in [0.3, 0.4) is 0 Å². The minimum Gasteiger partial charge on any atom is -0.458 e. The Balaban J connectivity index is 2.83. The van der Waals surface area contributed by atoms with Gasteiger partial charge in [-0.3, -0.25) is 0 Å². The summed E-state index contributed by atoms with van der Waals surface area (Å²) in [6, 6.07) is 3.78. The SMILES string of the molecule is Cc1cc2oc(C)cc2o1. The average molecular weight is 136 g/mol. The highest BCUT2D eigenvalue weighted by Crippen LogP contribution is 2.21. The van der Waals surface area contributed by atoms with Crippen LogP contribution in [-0.2, 0) is 0 Å². The summed E-state index contributed by atoms with van der Waals surface area (Å²) in [5.41, 5.74) is 1.69. The molecule has 0 atom stereocenters. The number of hydrogen-bond acceptors (Lipinski definition) is 2. The Kier molecular flexibility index (Phi) is 0.926. The van der Waals surface area contributed by atoms with Gasteiger partial charge in [-0.1, -0.05) is 0 Å². The summed E-state index contributed by atoms with van der Waals surface area (Å²) in [7, 11) is 0. The van der Waals surface area contributed by atoms with Gasteiger partial charge in [0.1, 0.15) is 11.5 Å². The largest absolute Gasteiger partial charge is 0.458 e. The zero-order valence-corrected chi connectivity index (χ0v) is 5.97. The van der Waals surface area contributed by atoms with Crippen molar-refractivity contribution in [3.05, 3.63) is 23.7 Å². The van der Waals surface area contributed by atoms with Gasteiger partial charge in [-0.25, -0.2) is 0 Å². The minimum atomic E-state index is 0.843. The predicted molar refractivity (Wildman–Crippen MR) is 38.0 cm³/mol. The van der Waals surface area contributed by atoms with E-state index >= 15 is 0 Å². The van der Waals surface area contributed by atoms with Gasteiger partial charge in [-0.05, 0) is 13.8 Å². The first kappa shape index (κ1) is 5.59. The van der Waals surface area contributed by atoms with Crippen LogP contribution in [0.25, 0.3) is 11.2 Å². The highest BCUT2D eigenvalue weighted by Gasteiger charge is 2.03. The lowest BCUT2D eigenvalue weighted by Crippen LogP contribution is -1.56. The van der Waals surface area contributed by atoms with Gasteiger partial charge in [-0.15, -0.1) is 0 Å². The molecular weight excluding hydrogens is 128 g/mol. The van der Waals surface area contributed by atoms with Crippen LogP contribution in [0.4, 0.5) is 0 Å². The summed E-state index contributed by atoms with van der Waals surface area (Å²) >= 11 is 0. The molecule has 0 spiro atoms. The van der Waals surface area contributed by atoms with Gasteiger partial charge in [0.2, 0.25) is 0 Å². The molecule has 52 valence electrons. The van der Waals surface area contributed by atoms with E-state index in [4.69, 9.17) is 8.83 Å². The lowest BCUT2D eigenvalue weighted by Gasteiger charge is -1.76. The van der Waals surface area contributed by atoms with Gasteiger partial charge in [0.25, 0.3) is 0 Å². The Morgan fingerprint density at radius 1 is 0.900 bits per heavy atom. The van der Waals surface area contributed by atoms with E-state index in [0.29, 0.717) is 0 Å². The van der Waals surface area contributed by atoms with Gasteiger partial charge < -0.3 is 8.83 Å². The van der Waals surface area contributed by atoms with Crippen molar-refractivity contribution >= 4 is 11.2 Å². The molecule has 2 heteroatoms. The molecule has 0 aliphatic carbocycles. The monoisotopic (exact) mass is 136 g/mol. The average Bonchev–Trinajstić information content (AvgIpc) is 2.21. The molecule has 0 aliphatic heterocycles. The fourth-order valence-electron chi connectivity index (χ4n) is 1.08. The Morgan fingerprint density at radius 3 is 1.70 bits per heavy atom. The number of fused-ring (bicyclic) bond motifs is 1. The second-order valence-corrected chi connectivity index (χ2v) is 2.44. The normalized spacial score (nSPS) is 11.0. The van der Waals surface area contributed by atoms with E-state index in [0.717, 1.165) is 22.7 Å². The van der Waals surface area contributed by atoms with Gasteiger partial charge in [-0.2, -0.15) is 0 Å². The molecule has 2 rings (SSSR count). The quantitative estimate of drug-likeness (QED) is 0.556. The lowest BCUT2D eigenvalue weighted by molar-refractivity contribution is 0.576. The number of furan rings is 2. The summed E-state index contributed by atoms with van der Waals surface area (Å²) in [5.74, 6) is 1.79. The fourth-order valence-corrected chi connectivity index (χ4v) is 1.08. The van der Waals surface area contributed by atoms with Gasteiger partial charge in [0.05, 0.1) is 0 Å². The Morgan fingerprint density at radius 2 is 1.30 bits per heavy atom. The van der Waals surface area contributed by atoms with Crippen molar-refractivity contribution in [3.63, 3.8) is 0 Å². The van der Waals surface area contributed by atoms with Crippen molar-refractivity contribution in [1.29, 1.82) is 0 Å². The molecule has 0 amide bonds. The van der Waals surface area contributed by atoms with Crippen LogP contribution in [0.2, 0.25) is 0 Å². The fraction of sp³-hybridized carbons (Fsp3) is 0.250. The molecule has 2 aromatic rings. The first-order valence-corrected chi connectivity index (χ1v) is 3.22. The van der Waals surface area contributed by atoms with Crippen LogP contribution in [0.15, 0.2) is 21.0 Å². The molecule has 0 aliphatic rings. The standard InChI is InChI=1S/C8H8O2/c1-5-3-7-8(9-5)4-6(2)10-7/h3-4H,1-2H3. The Hall–Kier alpha value is -1.18. The van der Waals surface area contributed by atoms with E-state index in [1.165, 1.54) is 0 Å². The third kappa shape index (κ3) is 0.652. The molecular formula is C8H8O2. The predicted octanol–water partition coefficient (Wildman–Crippen LogP) is 2.64. The molecule has 0 N–H and O–H groups in total. The highest BCUT2D eigenvalue weighted by atomic mass is 16.4. The van der Waals surface area contributed by atoms with E-state index in [-0.39, 0.29) is 0 Å². The molecule has 2 nitrogen and oxygen atoms in total. The number of aryl methyl sites for hydroxylation is 2. The summed E-state index contributed by atoms with van der Waals surface area (Å²) in [6.07, 6.45) is 0. The maximum absolute atomic E-state index is 5.29. The molecule has 0 unspecified atom stereocenters. The zero-order chi connectivity index (χ0) is 7.14. The smallest absolute Gasteiger partial charge is 0.172 e. The van der Waals surface area contributed by atoms with Crippen molar-refractivity contribution in [2.75, 3.05) is 0 Å². The Labute approximate surface area is 58.4 Å². The van der Waals surface area contributed by atoms with Gasteiger partial charge in [0, 0.05) is 12.1 Å². The second-order valence-electron chi connectivity index (χ2n) is 2.44. The summed E-state index contributed by atoms with van der Waals surface area (Å²) in [6.45, 7) is 3.82. The molecule has 10 heavy (non-hydrogen) atoms. The third-order valence-corrected chi connectivity index (χ3v) is 1.45. The van der Waals surface area contributed by atoms with E-state index < -0.39 is 0 Å². The van der Waals surface area contributed by atoms with Crippen LogP contribution in [-0.4, -0.2) is 0 Å². The van der Waals surface area contributed by atoms with Crippen LogP contribution in [0, 0.1) is 13.8 Å². The molecule has 0 radical (unpaired) electrons. The third-order valence-electron chi connectivity index (χ3n) is 1.45. The van der Waals surface area contributed by atoms with E-state index in [9.17, 15) is 0 Å². The number of hydrogen-bond donors (Lipinski definition) is 0. The Bertz CT molecular complexity index is 291. The minimum absolute atomic E-state index is 0.843. The summed E-state index contributed by atoms with van der Waals surface area (Å²) in [5, 5.41) is 0. The lowest BCUT2D eigenvalue weighted by atomic mass is 10.4. The van der Waals surface area contributed by atoms with Crippen molar-refractivity contribution < 1.29 is 8.83 Å². The van der Waals surface area contributed by atoms with E-state index in [1.54, 1.807) is 0 Å². The van der Waals surface area contributed by atoms with Crippen molar-refractivity contribution in [2.45, 2.75) is 13.8 Å². The molecule has 0 fully saturated rings. The molecule has 2 aromatic heterocycles. The van der Waals surface area contributed by atoms with Crippen molar-refractivity contribution in [3.8, 4) is 0 Å². The molecule has 2 heterocycles. The van der Waals surface area contributed by atoms with Crippen LogP contribution < -0.4 is 0 Å². The van der Waals surface area contributed by atoms with Crippen LogP contribution >= 0.6 is 0 Å². The van der Waals surface area contributed by atoms with E-state index in [1.807, 2.05) is 26.0 Å². The molecule has 0 aromatic carbocycles. The molecule has 0 saturated carbocycles. The highest BCUT2D eigenvalue weighted by molar-refractivity contribution is 5.72. The van der Waals surface area contributed by atoms with E-state index in [2.05, 4.69) is 0 Å². The van der Waals surface area contributed by atoms with Crippen LogP contribution in [0.1, 0.15) is 11.5 Å². The summed E-state index contributed by atoms with van der Waals surface area (Å²) < 4.78 is 10.6.